The number of benzene rings is 3. The monoisotopic (exact) mass is 245 g/mol. The summed E-state index contributed by atoms with van der Waals surface area (Å²) in [5, 5.41) is 2.57. The lowest BCUT2D eigenvalue weighted by molar-refractivity contribution is -0.136. The lowest BCUT2D eigenvalue weighted by Crippen LogP contribution is -2.05. The zero-order chi connectivity index (χ0) is 12.8. The SMILES string of the molecule is FC(F)(F)c1[c]ccc2c1ccc1ccccc12. The fourth-order valence-corrected chi connectivity index (χ4v) is 2.21. The van der Waals surface area contributed by atoms with Gasteiger partial charge in [0.05, 0.1) is 5.56 Å². The van der Waals surface area contributed by atoms with Crippen LogP contribution in [-0.4, -0.2) is 0 Å². The van der Waals surface area contributed by atoms with Crippen LogP contribution >= 0.6 is 0 Å². The van der Waals surface area contributed by atoms with Gasteiger partial charge in [-0.05, 0) is 27.6 Å². The molecule has 3 rings (SSSR count). The van der Waals surface area contributed by atoms with Crippen LogP contribution in [0.4, 0.5) is 13.2 Å². The summed E-state index contributed by atoms with van der Waals surface area (Å²) in [6.07, 6.45) is -4.37. The zero-order valence-corrected chi connectivity index (χ0v) is 9.25. The molecule has 0 N–H and O–H groups in total. The number of hydrogen-bond acceptors (Lipinski definition) is 0. The first kappa shape index (κ1) is 11.1. The predicted octanol–water partition coefficient (Wildman–Crippen LogP) is 4.81. The van der Waals surface area contributed by atoms with Gasteiger partial charge in [-0.25, -0.2) is 0 Å². The van der Waals surface area contributed by atoms with Crippen LogP contribution in [0.3, 0.4) is 0 Å². The molecule has 0 aliphatic carbocycles. The van der Waals surface area contributed by atoms with Gasteiger partial charge in [0, 0.05) is 0 Å². The van der Waals surface area contributed by atoms with Crippen molar-refractivity contribution in [3.63, 3.8) is 0 Å². The van der Waals surface area contributed by atoms with E-state index in [-0.39, 0.29) is 5.39 Å². The van der Waals surface area contributed by atoms with Gasteiger partial charge in [-0.3, -0.25) is 0 Å². The van der Waals surface area contributed by atoms with Crippen molar-refractivity contribution >= 4 is 21.5 Å². The molecule has 18 heavy (non-hydrogen) atoms. The van der Waals surface area contributed by atoms with E-state index in [4.69, 9.17) is 0 Å². The van der Waals surface area contributed by atoms with Gasteiger partial charge >= 0.3 is 6.18 Å². The average Bonchev–Trinajstić information content (AvgIpc) is 2.36. The summed E-state index contributed by atoms with van der Waals surface area (Å²) in [5.41, 5.74) is -0.703. The molecule has 0 nitrogen and oxygen atoms in total. The van der Waals surface area contributed by atoms with Gasteiger partial charge < -0.3 is 0 Å². The summed E-state index contributed by atoms with van der Waals surface area (Å²) in [7, 11) is 0. The highest BCUT2D eigenvalue weighted by molar-refractivity contribution is 6.08. The second-order valence-electron chi connectivity index (χ2n) is 4.10. The molecule has 0 amide bonds. The molecule has 0 heterocycles. The first-order chi connectivity index (χ1) is 8.57. The highest BCUT2D eigenvalue weighted by Gasteiger charge is 2.32. The normalized spacial score (nSPS) is 12.2. The second kappa shape index (κ2) is 3.73. The molecule has 3 aromatic carbocycles. The number of halogens is 3. The quantitative estimate of drug-likeness (QED) is 0.498. The van der Waals surface area contributed by atoms with E-state index in [1.54, 1.807) is 12.1 Å². The molecular weight excluding hydrogens is 237 g/mol. The fraction of sp³-hybridized carbons (Fsp3) is 0.0667. The Labute approximate surface area is 102 Å². The first-order valence-corrected chi connectivity index (χ1v) is 5.47. The maximum atomic E-state index is 12.9. The highest BCUT2D eigenvalue weighted by atomic mass is 19.4. The lowest BCUT2D eigenvalue weighted by atomic mass is 9.98. The van der Waals surface area contributed by atoms with Crippen molar-refractivity contribution < 1.29 is 13.2 Å². The molecule has 0 atom stereocenters. The molecule has 0 unspecified atom stereocenters. The van der Waals surface area contributed by atoms with E-state index in [1.807, 2.05) is 24.3 Å². The summed E-state index contributed by atoms with van der Waals surface area (Å²) >= 11 is 0. The van der Waals surface area contributed by atoms with Gasteiger partial charge in [0.15, 0.2) is 0 Å². The van der Waals surface area contributed by atoms with Crippen LogP contribution in [0.5, 0.6) is 0 Å². The van der Waals surface area contributed by atoms with Crippen molar-refractivity contribution in [3.05, 3.63) is 60.2 Å². The van der Waals surface area contributed by atoms with Crippen molar-refractivity contribution in [3.8, 4) is 0 Å². The molecule has 0 aliphatic heterocycles. The Morgan fingerprint density at radius 2 is 1.56 bits per heavy atom. The second-order valence-corrected chi connectivity index (χ2v) is 4.10. The number of rotatable bonds is 0. The number of alkyl halides is 3. The van der Waals surface area contributed by atoms with Crippen molar-refractivity contribution in [2.45, 2.75) is 6.18 Å². The fourth-order valence-electron chi connectivity index (χ4n) is 2.21. The summed E-state index contributed by atoms with van der Waals surface area (Å²) < 4.78 is 38.7. The van der Waals surface area contributed by atoms with E-state index in [9.17, 15) is 13.2 Å². The van der Waals surface area contributed by atoms with Crippen LogP contribution in [0, 0.1) is 6.07 Å². The van der Waals surface area contributed by atoms with Gasteiger partial charge in [-0.15, -0.1) is 0 Å². The largest absolute Gasteiger partial charge is 0.417 e. The van der Waals surface area contributed by atoms with E-state index in [1.165, 1.54) is 12.1 Å². The third-order valence-corrected chi connectivity index (χ3v) is 3.00. The van der Waals surface area contributed by atoms with Crippen LogP contribution in [0.1, 0.15) is 5.56 Å². The van der Waals surface area contributed by atoms with Crippen LogP contribution in [0.15, 0.2) is 48.5 Å². The summed E-state index contributed by atoms with van der Waals surface area (Å²) in [6, 6.07) is 15.9. The molecular formula is C15H8F3. The standard InChI is InChI=1S/C15H8F3/c16-15(17,18)14-7-3-6-12-11-5-2-1-4-10(11)8-9-13(12)14/h1-6,8-9H. The topological polar surface area (TPSA) is 0 Å². The molecule has 0 aliphatic rings. The van der Waals surface area contributed by atoms with Gasteiger partial charge in [0.25, 0.3) is 0 Å². The smallest absolute Gasteiger partial charge is 0.166 e. The van der Waals surface area contributed by atoms with Crippen LogP contribution in [0.2, 0.25) is 0 Å². The Balaban J connectivity index is 2.48. The van der Waals surface area contributed by atoms with Gasteiger partial charge in [0.1, 0.15) is 0 Å². The minimum atomic E-state index is -4.37. The Bertz CT molecular complexity index is 726. The molecule has 0 spiro atoms. The Morgan fingerprint density at radius 1 is 0.778 bits per heavy atom. The molecule has 1 radical (unpaired) electrons. The summed E-state index contributed by atoms with van der Waals surface area (Å²) in [5.74, 6) is 0. The molecule has 0 saturated carbocycles. The number of fused-ring (bicyclic) bond motifs is 3. The zero-order valence-electron chi connectivity index (χ0n) is 9.25. The molecule has 89 valence electrons. The predicted molar refractivity (Wildman–Crippen MR) is 65.3 cm³/mol. The van der Waals surface area contributed by atoms with Crippen LogP contribution < -0.4 is 0 Å². The van der Waals surface area contributed by atoms with Crippen molar-refractivity contribution in [1.82, 2.24) is 0 Å². The minimum absolute atomic E-state index is 0.198. The molecule has 0 bridgehead atoms. The van der Waals surface area contributed by atoms with Gasteiger partial charge in [0.2, 0.25) is 0 Å². The molecule has 0 saturated heterocycles. The maximum Gasteiger partial charge on any atom is 0.417 e. The van der Waals surface area contributed by atoms with Crippen LogP contribution in [-0.2, 0) is 6.18 Å². The average molecular weight is 245 g/mol. The summed E-state index contributed by atoms with van der Waals surface area (Å²) in [4.78, 5) is 0. The highest BCUT2D eigenvalue weighted by Crippen LogP contribution is 2.36. The Kier molecular flexibility index (Phi) is 2.30. The van der Waals surface area contributed by atoms with Gasteiger partial charge in [-0.1, -0.05) is 48.5 Å². The minimum Gasteiger partial charge on any atom is -0.166 e. The third-order valence-electron chi connectivity index (χ3n) is 3.00. The van der Waals surface area contributed by atoms with Crippen LogP contribution in [0.25, 0.3) is 21.5 Å². The lowest BCUT2D eigenvalue weighted by Gasteiger charge is -2.11. The molecule has 0 fully saturated rings. The van der Waals surface area contributed by atoms with Crippen molar-refractivity contribution in [1.29, 1.82) is 0 Å². The Hall–Kier alpha value is -2.03. The third kappa shape index (κ3) is 1.63. The maximum absolute atomic E-state index is 12.9. The number of hydrogen-bond donors (Lipinski definition) is 0. The Morgan fingerprint density at radius 3 is 2.33 bits per heavy atom. The van der Waals surface area contributed by atoms with Crippen molar-refractivity contribution in [2.75, 3.05) is 0 Å². The van der Waals surface area contributed by atoms with E-state index in [2.05, 4.69) is 6.07 Å². The molecule has 0 aromatic heterocycles. The van der Waals surface area contributed by atoms with E-state index in [0.29, 0.717) is 5.39 Å². The molecule has 3 heteroatoms. The van der Waals surface area contributed by atoms with E-state index in [0.717, 1.165) is 10.8 Å². The molecule has 3 aromatic rings. The first-order valence-electron chi connectivity index (χ1n) is 5.47. The van der Waals surface area contributed by atoms with E-state index < -0.39 is 11.7 Å². The van der Waals surface area contributed by atoms with E-state index >= 15 is 0 Å². The van der Waals surface area contributed by atoms with Crippen molar-refractivity contribution in [2.24, 2.45) is 0 Å². The van der Waals surface area contributed by atoms with Gasteiger partial charge in [-0.2, -0.15) is 13.2 Å². The summed E-state index contributed by atoms with van der Waals surface area (Å²) in [6.45, 7) is 0.